The third-order valence-electron chi connectivity index (χ3n) is 7.33. The fourth-order valence-corrected chi connectivity index (χ4v) is 4.88. The van der Waals surface area contributed by atoms with Gasteiger partial charge in [-0.15, -0.1) is 0 Å². The molecule has 0 unspecified atom stereocenters. The number of carbonyl (C=O) groups excluding carboxylic acids is 2. The van der Waals surface area contributed by atoms with Crippen molar-refractivity contribution in [2.45, 2.75) is 70.1 Å². The number of likely N-dealkylation sites (tertiary alicyclic amines) is 1. The van der Waals surface area contributed by atoms with Crippen LogP contribution in [0.4, 0.5) is 24.5 Å². The van der Waals surface area contributed by atoms with Gasteiger partial charge in [-0.1, -0.05) is 25.3 Å². The first-order valence-electron chi connectivity index (χ1n) is 13.0. The van der Waals surface area contributed by atoms with Gasteiger partial charge < -0.3 is 26.0 Å². The molecule has 1 saturated heterocycles. The molecule has 2 fully saturated rings. The van der Waals surface area contributed by atoms with Crippen LogP contribution in [0.5, 0.6) is 0 Å². The Morgan fingerprint density at radius 2 is 1.74 bits per heavy atom. The van der Waals surface area contributed by atoms with Crippen molar-refractivity contribution in [3.05, 3.63) is 58.9 Å². The zero-order chi connectivity index (χ0) is 27.7. The molecule has 0 spiro atoms. The zero-order valence-corrected chi connectivity index (χ0v) is 22.0. The van der Waals surface area contributed by atoms with Gasteiger partial charge in [0.1, 0.15) is 11.4 Å². The summed E-state index contributed by atoms with van der Waals surface area (Å²) < 4.78 is 43.1. The van der Waals surface area contributed by atoms with Crippen LogP contribution in [0.1, 0.15) is 61.9 Å². The number of carbonyl (C=O) groups is 2. The third-order valence-corrected chi connectivity index (χ3v) is 7.33. The lowest BCUT2D eigenvalue weighted by molar-refractivity contribution is -0.129. The molecule has 0 radical (unpaired) electrons. The minimum atomic E-state index is -1.31. The minimum Gasteiger partial charge on any atom is -0.385 e. The summed E-state index contributed by atoms with van der Waals surface area (Å²) in [4.78, 5) is 27.2. The summed E-state index contributed by atoms with van der Waals surface area (Å²) in [7, 11) is 0. The molecule has 0 atom stereocenters. The number of nitrogens with zero attached hydrogens (tertiary/aromatic N) is 1. The van der Waals surface area contributed by atoms with Gasteiger partial charge in [-0.2, -0.15) is 0 Å². The number of amides is 2. The van der Waals surface area contributed by atoms with Gasteiger partial charge in [0.25, 0.3) is 5.91 Å². The molecule has 10 heteroatoms. The smallest absolute Gasteiger partial charge is 0.256 e. The molecule has 2 amide bonds. The van der Waals surface area contributed by atoms with Gasteiger partial charge in [0, 0.05) is 12.6 Å². The predicted molar refractivity (Wildman–Crippen MR) is 139 cm³/mol. The number of aliphatic hydroxyl groups is 1. The first kappa shape index (κ1) is 27.9. The van der Waals surface area contributed by atoms with Crippen molar-refractivity contribution >= 4 is 23.2 Å². The zero-order valence-electron chi connectivity index (χ0n) is 22.0. The third kappa shape index (κ3) is 6.13. The summed E-state index contributed by atoms with van der Waals surface area (Å²) in [5.41, 5.74) is -2.36. The Morgan fingerprint density at radius 3 is 2.39 bits per heavy atom. The van der Waals surface area contributed by atoms with Crippen molar-refractivity contribution in [3.63, 3.8) is 0 Å². The topological polar surface area (TPSA) is 93.7 Å². The normalized spacial score (nSPS) is 17.6. The average Bonchev–Trinajstić information content (AvgIpc) is 2.85. The Kier molecular flexibility index (Phi) is 8.04. The molecule has 2 aliphatic rings. The SMILES string of the molecule is Cc1ccc(Nc2c(C(=O)N3CC(O)(CNC(C)(C)C(=O)NC4CCCCC4)C3)ccc(F)c2F)c(F)c1. The highest BCUT2D eigenvalue weighted by Crippen LogP contribution is 2.31. The molecule has 1 aliphatic heterocycles. The van der Waals surface area contributed by atoms with Crippen molar-refractivity contribution in [2.24, 2.45) is 0 Å². The predicted octanol–water partition coefficient (Wildman–Crippen LogP) is 4.16. The summed E-state index contributed by atoms with van der Waals surface area (Å²) >= 11 is 0. The highest BCUT2D eigenvalue weighted by molar-refractivity contribution is 6.01. The van der Waals surface area contributed by atoms with E-state index in [4.69, 9.17) is 0 Å². The molecule has 7 nitrogen and oxygen atoms in total. The molecular formula is C28H35F3N4O3. The van der Waals surface area contributed by atoms with Crippen LogP contribution in [0, 0.1) is 24.4 Å². The molecule has 38 heavy (non-hydrogen) atoms. The number of aryl methyl sites for hydroxylation is 1. The van der Waals surface area contributed by atoms with Crippen LogP contribution in [0.25, 0.3) is 0 Å². The van der Waals surface area contributed by atoms with Gasteiger partial charge in [-0.3, -0.25) is 9.59 Å². The van der Waals surface area contributed by atoms with Crippen LogP contribution in [-0.4, -0.2) is 58.6 Å². The minimum absolute atomic E-state index is 0.0549. The quantitative estimate of drug-likeness (QED) is 0.410. The first-order chi connectivity index (χ1) is 17.9. The van der Waals surface area contributed by atoms with E-state index >= 15 is 0 Å². The van der Waals surface area contributed by atoms with Crippen molar-refractivity contribution in [1.29, 1.82) is 0 Å². The van der Waals surface area contributed by atoms with Crippen molar-refractivity contribution in [1.82, 2.24) is 15.5 Å². The van der Waals surface area contributed by atoms with Gasteiger partial charge in [0.05, 0.1) is 35.6 Å². The molecule has 4 rings (SSSR count). The molecule has 1 heterocycles. The fourth-order valence-electron chi connectivity index (χ4n) is 4.88. The summed E-state index contributed by atoms with van der Waals surface area (Å²) in [5, 5.41) is 19.6. The number of rotatable bonds is 8. The number of β-amino-alcohol motifs (C(OH)–C–C–N with tert-alkyl or cyclic N) is 1. The lowest BCUT2D eigenvalue weighted by Gasteiger charge is -2.47. The Hall–Kier alpha value is -3.11. The van der Waals surface area contributed by atoms with E-state index in [0.29, 0.717) is 5.56 Å². The maximum Gasteiger partial charge on any atom is 0.256 e. The maximum absolute atomic E-state index is 14.7. The van der Waals surface area contributed by atoms with Crippen molar-refractivity contribution in [3.8, 4) is 0 Å². The van der Waals surface area contributed by atoms with Gasteiger partial charge >= 0.3 is 0 Å². The Bertz CT molecular complexity index is 1210. The summed E-state index contributed by atoms with van der Waals surface area (Å²) in [6.07, 6.45) is 5.29. The van der Waals surface area contributed by atoms with E-state index in [9.17, 15) is 27.9 Å². The average molecular weight is 533 g/mol. The molecule has 4 N–H and O–H groups in total. The summed E-state index contributed by atoms with van der Waals surface area (Å²) in [5.74, 6) is -3.96. The van der Waals surface area contributed by atoms with Gasteiger partial charge in [-0.25, -0.2) is 13.2 Å². The Balaban J connectivity index is 1.39. The number of hydrogen-bond donors (Lipinski definition) is 4. The van der Waals surface area contributed by atoms with Gasteiger partial charge in [0.15, 0.2) is 11.6 Å². The van der Waals surface area contributed by atoms with E-state index in [-0.39, 0.29) is 42.8 Å². The number of anilines is 2. The van der Waals surface area contributed by atoms with Crippen LogP contribution in [0.3, 0.4) is 0 Å². The molecule has 0 aromatic heterocycles. The summed E-state index contributed by atoms with van der Waals surface area (Å²) in [6.45, 7) is 5.07. The number of nitrogens with one attached hydrogen (secondary N) is 3. The lowest BCUT2D eigenvalue weighted by atomic mass is 9.90. The lowest BCUT2D eigenvalue weighted by Crippen LogP contribution is -2.69. The van der Waals surface area contributed by atoms with E-state index in [1.165, 1.54) is 23.5 Å². The number of hydrogen-bond acceptors (Lipinski definition) is 5. The van der Waals surface area contributed by atoms with Crippen LogP contribution >= 0.6 is 0 Å². The Morgan fingerprint density at radius 1 is 1.05 bits per heavy atom. The second kappa shape index (κ2) is 10.9. The molecule has 0 bridgehead atoms. The molecule has 206 valence electrons. The second-order valence-corrected chi connectivity index (χ2v) is 11.1. The summed E-state index contributed by atoms with van der Waals surface area (Å²) in [6, 6.07) is 6.33. The van der Waals surface area contributed by atoms with Crippen LogP contribution in [-0.2, 0) is 4.79 Å². The highest BCUT2D eigenvalue weighted by atomic mass is 19.2. The van der Waals surface area contributed by atoms with E-state index in [2.05, 4.69) is 16.0 Å². The highest BCUT2D eigenvalue weighted by Gasteiger charge is 2.45. The Labute approximate surface area is 220 Å². The standard InChI is InChI=1S/C28H35F3N4O3/c1-17-9-12-22(21(30)13-17)34-24-19(10-11-20(29)23(24)31)25(36)35-15-28(38,16-35)14-32-27(2,3)26(37)33-18-7-5-4-6-8-18/h9-13,18,32,34,38H,4-8,14-16H2,1-3H3,(H,33,37). The van der Waals surface area contributed by atoms with Crippen LogP contribution < -0.4 is 16.0 Å². The van der Waals surface area contributed by atoms with Gasteiger partial charge in [0.2, 0.25) is 5.91 Å². The monoisotopic (exact) mass is 532 g/mol. The van der Waals surface area contributed by atoms with E-state index in [1.54, 1.807) is 26.8 Å². The maximum atomic E-state index is 14.7. The number of benzene rings is 2. The molecule has 1 aliphatic carbocycles. The van der Waals surface area contributed by atoms with E-state index < -0.39 is 40.2 Å². The molecule has 1 saturated carbocycles. The number of halogens is 3. The van der Waals surface area contributed by atoms with Crippen molar-refractivity contribution < 1.29 is 27.9 Å². The fraction of sp³-hybridized carbons (Fsp3) is 0.500. The molecule has 2 aromatic carbocycles. The largest absolute Gasteiger partial charge is 0.385 e. The van der Waals surface area contributed by atoms with Crippen molar-refractivity contribution in [2.75, 3.05) is 25.0 Å². The van der Waals surface area contributed by atoms with E-state index in [0.717, 1.165) is 37.8 Å². The first-order valence-corrected chi connectivity index (χ1v) is 13.0. The van der Waals surface area contributed by atoms with Crippen LogP contribution in [0.2, 0.25) is 0 Å². The van der Waals surface area contributed by atoms with E-state index in [1.807, 2.05) is 0 Å². The van der Waals surface area contributed by atoms with Gasteiger partial charge in [-0.05, 0) is 63.4 Å². The molecule has 2 aromatic rings. The molecular weight excluding hydrogens is 497 g/mol. The second-order valence-electron chi connectivity index (χ2n) is 11.1. The van der Waals surface area contributed by atoms with Crippen LogP contribution in [0.15, 0.2) is 30.3 Å².